The second kappa shape index (κ2) is 30.1. The Labute approximate surface area is 341 Å². The molecule has 0 aromatic heterocycles. The monoisotopic (exact) mass is 860 g/mol. The minimum Gasteiger partial charge on any atom is -0.330 e. The Morgan fingerprint density at radius 2 is 0.463 bits per heavy atom. The maximum atomic E-state index is 7.50. The van der Waals surface area contributed by atoms with E-state index in [0.717, 1.165) is 38.9 Å². The van der Waals surface area contributed by atoms with E-state index < -0.39 is 0 Å². The van der Waals surface area contributed by atoms with Gasteiger partial charge in [-0.3, -0.25) is 4.79 Å². The van der Waals surface area contributed by atoms with Gasteiger partial charge in [0.25, 0.3) is 6.79 Å². The van der Waals surface area contributed by atoms with Gasteiger partial charge in [0.05, 0.1) is 0 Å². The maximum absolute atomic E-state index is 7.50. The summed E-state index contributed by atoms with van der Waals surface area (Å²) in [5.74, 6) is 0. The molecule has 8 heteroatoms. The van der Waals surface area contributed by atoms with Crippen molar-refractivity contribution in [2.75, 3.05) is 38.1 Å². The van der Waals surface area contributed by atoms with Gasteiger partial charge in [-0.25, -0.2) is 0 Å². The van der Waals surface area contributed by atoms with E-state index in [9.17, 15) is 0 Å². The Bertz CT molecular complexity index is 1400. The molecule has 0 amide bonds. The summed E-state index contributed by atoms with van der Waals surface area (Å²) in [5, 5.41) is 8.68. The molecule has 0 saturated heterocycles. The third-order valence-corrected chi connectivity index (χ3v) is 16.0. The van der Waals surface area contributed by atoms with Gasteiger partial charge in [-0.2, -0.15) is 0 Å². The molecule has 3 radical (unpaired) electrons. The van der Waals surface area contributed by atoms with Crippen LogP contribution in [0.5, 0.6) is 0 Å². The van der Waals surface area contributed by atoms with Gasteiger partial charge in [0, 0.05) is 19.5 Å². The summed E-state index contributed by atoms with van der Waals surface area (Å²) in [7, 11) is -0.710. The summed E-state index contributed by atoms with van der Waals surface area (Å²) in [4.78, 5) is 7.50. The first-order valence-electron chi connectivity index (χ1n) is 18.2. The van der Waals surface area contributed by atoms with Crippen molar-refractivity contribution in [3.05, 3.63) is 182 Å². The van der Waals surface area contributed by atoms with Gasteiger partial charge in [-0.1, -0.05) is 182 Å². The molecule has 4 nitrogen and oxygen atoms in total. The second-order valence-electron chi connectivity index (χ2n) is 11.9. The predicted octanol–water partition coefficient (Wildman–Crippen LogP) is 7.00. The average Bonchev–Trinajstić information content (AvgIpc) is 3.25. The Morgan fingerprint density at radius 1 is 0.315 bits per heavy atom. The second-order valence-corrected chi connectivity index (χ2v) is 18.9. The predicted molar refractivity (Wildman–Crippen MR) is 239 cm³/mol. The molecule has 0 bridgehead atoms. The molecular weight excluding hydrogens is 806 g/mol. The van der Waals surface area contributed by atoms with Crippen molar-refractivity contribution in [2.45, 2.75) is 19.3 Å². The normalized spacial score (nSPS) is 10.2. The first-order valence-corrected chi connectivity index (χ1v) is 22.8. The average molecular weight is 861 g/mol. The molecule has 0 atom stereocenters. The van der Waals surface area contributed by atoms with Crippen LogP contribution in [0, 0.1) is 0 Å². The van der Waals surface area contributed by atoms with Crippen LogP contribution in [0.2, 0.25) is 0 Å². The zero-order valence-electron chi connectivity index (χ0n) is 31.0. The van der Waals surface area contributed by atoms with Gasteiger partial charge in [-0.15, -0.1) is 0 Å². The van der Waals surface area contributed by atoms with E-state index >= 15 is 0 Å². The van der Waals surface area contributed by atoms with Crippen LogP contribution in [0.25, 0.3) is 0 Å². The standard InChI is InChI=1S/3C15H18NP.CO.Rh/c3*16-12-7-13-17(14-8-3-1-4-9-14)15-10-5-2-6-11-15;1-2;/h3*1-6,8-11H,7,12-13,16H2;;. The van der Waals surface area contributed by atoms with Crippen LogP contribution < -0.4 is 49.0 Å². The van der Waals surface area contributed by atoms with E-state index in [2.05, 4.69) is 189 Å². The Hall–Kier alpha value is -3.22. The van der Waals surface area contributed by atoms with Crippen molar-refractivity contribution in [1.82, 2.24) is 0 Å². The molecule has 6 N–H and O–H groups in total. The molecule has 0 aliphatic rings. The quantitative estimate of drug-likeness (QED) is 0.0766. The van der Waals surface area contributed by atoms with Gasteiger partial charge in [0.2, 0.25) is 0 Å². The number of benzene rings is 6. The maximum Gasteiger partial charge on any atom is 0.281 e. The third kappa shape index (κ3) is 17.1. The number of hydrogen-bond donors (Lipinski definition) is 3. The molecule has 0 heterocycles. The summed E-state index contributed by atoms with van der Waals surface area (Å²) >= 11 is 0. The van der Waals surface area contributed by atoms with Crippen LogP contribution in [0.3, 0.4) is 0 Å². The number of rotatable bonds is 15. The van der Waals surface area contributed by atoms with Gasteiger partial charge in [-0.05, 0) is 113 Å². The zero-order chi connectivity index (χ0) is 37.8. The van der Waals surface area contributed by atoms with E-state index in [0.29, 0.717) is 0 Å². The molecule has 6 aromatic rings. The fourth-order valence-electron chi connectivity index (χ4n) is 5.62. The molecule has 0 spiro atoms. The van der Waals surface area contributed by atoms with E-state index in [4.69, 9.17) is 22.0 Å². The molecule has 0 fully saturated rings. The van der Waals surface area contributed by atoms with Crippen molar-refractivity contribution in [3.8, 4) is 0 Å². The van der Waals surface area contributed by atoms with Crippen LogP contribution in [-0.4, -0.2) is 44.9 Å². The number of nitrogens with two attached hydrogens (primary N) is 3. The summed E-state index contributed by atoms with van der Waals surface area (Å²) in [6.07, 6.45) is 6.82. The van der Waals surface area contributed by atoms with E-state index in [1.807, 2.05) is 0 Å². The smallest absolute Gasteiger partial charge is 0.281 e. The molecular formula is C46H54N3OP3Rh. The molecule has 0 unspecified atom stereocenters. The van der Waals surface area contributed by atoms with Gasteiger partial charge >= 0.3 is 0 Å². The van der Waals surface area contributed by atoms with Crippen LogP contribution >= 0.6 is 23.8 Å². The molecule has 0 aliphatic carbocycles. The molecule has 283 valence electrons. The van der Waals surface area contributed by atoms with E-state index in [1.54, 1.807) is 0 Å². The topological polar surface area (TPSA) is 95.1 Å². The first-order chi connectivity index (χ1) is 26.2. The van der Waals surface area contributed by atoms with Crippen molar-refractivity contribution in [1.29, 1.82) is 0 Å². The molecule has 0 aliphatic heterocycles. The first kappa shape index (κ1) is 46.9. The SMILES string of the molecule is NCCCP(c1ccccc1)c1ccccc1.NCCCP(c1ccccc1)c1ccccc1.NCCCP(c1ccccc1)c1ccccc1.[C]=O.[Rh]. The summed E-state index contributed by atoms with van der Waals surface area (Å²) in [6, 6.07) is 64.7. The fourth-order valence-corrected chi connectivity index (χ4v) is 12.7. The molecule has 6 aromatic carbocycles. The van der Waals surface area contributed by atoms with E-state index in [-0.39, 0.29) is 43.2 Å². The summed E-state index contributed by atoms with van der Waals surface area (Å²) < 4.78 is 0. The van der Waals surface area contributed by atoms with E-state index in [1.165, 1.54) is 50.3 Å². The van der Waals surface area contributed by atoms with Gasteiger partial charge < -0.3 is 17.2 Å². The number of hydrogen-bond acceptors (Lipinski definition) is 4. The summed E-state index contributed by atoms with van der Waals surface area (Å²) in [5.41, 5.74) is 16.9. The Morgan fingerprint density at radius 3 is 0.593 bits per heavy atom. The Kier molecular flexibility index (Phi) is 26.1. The van der Waals surface area contributed by atoms with Gasteiger partial charge in [0.15, 0.2) is 0 Å². The van der Waals surface area contributed by atoms with Crippen molar-refractivity contribution < 1.29 is 24.3 Å². The third-order valence-electron chi connectivity index (χ3n) is 8.16. The minimum atomic E-state index is -0.237. The van der Waals surface area contributed by atoms with Crippen molar-refractivity contribution in [2.24, 2.45) is 17.2 Å². The van der Waals surface area contributed by atoms with Crippen LogP contribution in [0.1, 0.15) is 19.3 Å². The zero-order valence-corrected chi connectivity index (χ0v) is 35.3. The molecule has 6 rings (SSSR count). The Balaban J connectivity index is 0.000000271. The van der Waals surface area contributed by atoms with Crippen molar-refractivity contribution >= 4 is 62.4 Å². The molecule has 54 heavy (non-hydrogen) atoms. The van der Waals surface area contributed by atoms with Crippen molar-refractivity contribution in [3.63, 3.8) is 0 Å². The van der Waals surface area contributed by atoms with Crippen LogP contribution in [0.4, 0.5) is 0 Å². The largest absolute Gasteiger partial charge is 0.330 e. The number of carbonyl (C=O) groups excluding carboxylic acids is 1. The van der Waals surface area contributed by atoms with Crippen LogP contribution in [-0.2, 0) is 24.3 Å². The van der Waals surface area contributed by atoms with Gasteiger partial charge in [0.1, 0.15) is 0 Å². The summed E-state index contributed by atoms with van der Waals surface area (Å²) in [6.45, 7) is 6.83. The fraction of sp³-hybridized carbons (Fsp3) is 0.196. The minimum absolute atomic E-state index is 0. The molecule has 0 saturated carbocycles. The van der Waals surface area contributed by atoms with Crippen LogP contribution in [0.15, 0.2) is 182 Å².